The molecule has 3 aromatic rings. The van der Waals surface area contributed by atoms with Crippen molar-refractivity contribution in [3.63, 3.8) is 0 Å². The number of anilines is 2. The summed E-state index contributed by atoms with van der Waals surface area (Å²) in [5.74, 6) is 0.362. The van der Waals surface area contributed by atoms with Gasteiger partial charge in [0.25, 0.3) is 0 Å². The number of rotatable bonds is 3. The number of carbonyl (C=O) groups excluding carboxylic acids is 1. The van der Waals surface area contributed by atoms with Gasteiger partial charge in [-0.05, 0) is 24.3 Å². The van der Waals surface area contributed by atoms with E-state index in [2.05, 4.69) is 15.6 Å². The Hall–Kier alpha value is -3.15. The molecular weight excluding hydrogens is 278 g/mol. The van der Waals surface area contributed by atoms with Crippen molar-refractivity contribution >= 4 is 17.4 Å². The number of benzene rings is 2. The van der Waals surface area contributed by atoms with E-state index in [-0.39, 0.29) is 5.91 Å². The van der Waals surface area contributed by atoms with Gasteiger partial charge in [-0.1, -0.05) is 35.5 Å². The van der Waals surface area contributed by atoms with Crippen LogP contribution in [0, 0.1) is 0 Å². The zero-order valence-corrected chi connectivity index (χ0v) is 12.0. The number of aromatic nitrogens is 3. The van der Waals surface area contributed by atoms with Crippen molar-refractivity contribution in [3.8, 4) is 16.9 Å². The van der Waals surface area contributed by atoms with E-state index in [0.29, 0.717) is 11.5 Å². The normalized spacial score (nSPS) is 10.4. The van der Waals surface area contributed by atoms with Crippen LogP contribution in [0.3, 0.4) is 0 Å². The fourth-order valence-electron chi connectivity index (χ4n) is 2.17. The van der Waals surface area contributed by atoms with E-state index in [0.717, 1.165) is 16.9 Å². The third-order valence-electron chi connectivity index (χ3n) is 3.18. The Morgan fingerprint density at radius 2 is 1.77 bits per heavy atom. The van der Waals surface area contributed by atoms with Crippen LogP contribution in [-0.2, 0) is 4.79 Å². The smallest absolute Gasteiger partial charge is 0.221 e. The Labute approximate surface area is 127 Å². The number of nitrogens with two attached hydrogens (primary N) is 1. The minimum atomic E-state index is -0.109. The topological polar surface area (TPSA) is 85.8 Å². The van der Waals surface area contributed by atoms with Crippen molar-refractivity contribution in [1.82, 2.24) is 15.0 Å². The first kappa shape index (κ1) is 13.8. The average Bonchev–Trinajstić information content (AvgIpc) is 2.90. The fraction of sp³-hybridized carbons (Fsp3) is 0.0625. The fourth-order valence-corrected chi connectivity index (χ4v) is 2.17. The first-order valence-corrected chi connectivity index (χ1v) is 6.80. The second-order valence-electron chi connectivity index (χ2n) is 4.83. The summed E-state index contributed by atoms with van der Waals surface area (Å²) in [6.45, 7) is 1.47. The lowest BCUT2D eigenvalue weighted by Gasteiger charge is -2.04. The standard InChI is InChI=1S/C16H15N5O/c1-11(22)18-13-9-7-12(8-10-13)15-16(17)21(20-19-15)14-5-3-2-4-6-14/h2-10H,17H2,1H3,(H,18,22). The Balaban J connectivity index is 1.93. The van der Waals surface area contributed by atoms with Gasteiger partial charge in [-0.2, -0.15) is 4.68 Å². The Morgan fingerprint density at radius 3 is 2.41 bits per heavy atom. The number of para-hydroxylation sites is 1. The zero-order valence-electron chi connectivity index (χ0n) is 12.0. The van der Waals surface area contributed by atoms with Gasteiger partial charge in [0.05, 0.1) is 5.69 Å². The molecular formula is C16H15N5O. The molecule has 3 N–H and O–H groups in total. The van der Waals surface area contributed by atoms with Crippen LogP contribution in [0.25, 0.3) is 16.9 Å². The molecule has 22 heavy (non-hydrogen) atoms. The molecule has 0 unspecified atom stereocenters. The highest BCUT2D eigenvalue weighted by molar-refractivity contribution is 5.89. The van der Waals surface area contributed by atoms with Gasteiger partial charge in [-0.15, -0.1) is 5.10 Å². The lowest BCUT2D eigenvalue weighted by atomic mass is 10.1. The molecule has 0 fully saturated rings. The van der Waals surface area contributed by atoms with E-state index < -0.39 is 0 Å². The van der Waals surface area contributed by atoms with E-state index in [4.69, 9.17) is 5.73 Å². The molecule has 0 aliphatic carbocycles. The number of hydrogen-bond donors (Lipinski definition) is 2. The van der Waals surface area contributed by atoms with Gasteiger partial charge in [0.2, 0.25) is 5.91 Å². The molecule has 0 aliphatic heterocycles. The largest absolute Gasteiger partial charge is 0.382 e. The molecule has 3 rings (SSSR count). The van der Waals surface area contributed by atoms with Gasteiger partial charge in [-0.3, -0.25) is 4.79 Å². The summed E-state index contributed by atoms with van der Waals surface area (Å²) in [7, 11) is 0. The van der Waals surface area contributed by atoms with Crippen molar-refractivity contribution in [2.75, 3.05) is 11.1 Å². The summed E-state index contributed by atoms with van der Waals surface area (Å²) in [6.07, 6.45) is 0. The number of nitrogens with zero attached hydrogens (tertiary/aromatic N) is 3. The molecule has 2 aromatic carbocycles. The van der Waals surface area contributed by atoms with E-state index in [1.165, 1.54) is 6.92 Å². The summed E-state index contributed by atoms with van der Waals surface area (Å²) >= 11 is 0. The van der Waals surface area contributed by atoms with E-state index in [1.807, 2.05) is 42.5 Å². The number of nitrogens with one attached hydrogen (secondary N) is 1. The minimum Gasteiger partial charge on any atom is -0.382 e. The molecule has 1 aromatic heterocycles. The molecule has 0 saturated carbocycles. The van der Waals surface area contributed by atoms with Crippen molar-refractivity contribution in [2.24, 2.45) is 0 Å². The van der Waals surface area contributed by atoms with Gasteiger partial charge in [-0.25, -0.2) is 0 Å². The van der Waals surface area contributed by atoms with Gasteiger partial charge in [0.15, 0.2) is 5.82 Å². The van der Waals surface area contributed by atoms with Crippen molar-refractivity contribution < 1.29 is 4.79 Å². The average molecular weight is 293 g/mol. The maximum absolute atomic E-state index is 11.0. The molecule has 1 heterocycles. The van der Waals surface area contributed by atoms with Crippen LogP contribution < -0.4 is 11.1 Å². The van der Waals surface area contributed by atoms with Crippen LogP contribution in [0.2, 0.25) is 0 Å². The Kier molecular flexibility index (Phi) is 3.57. The minimum absolute atomic E-state index is 0.109. The van der Waals surface area contributed by atoms with Crippen molar-refractivity contribution in [2.45, 2.75) is 6.92 Å². The Morgan fingerprint density at radius 1 is 1.09 bits per heavy atom. The molecule has 6 heteroatoms. The molecule has 6 nitrogen and oxygen atoms in total. The molecule has 110 valence electrons. The SMILES string of the molecule is CC(=O)Nc1ccc(-c2nnn(-c3ccccc3)c2N)cc1. The van der Waals surface area contributed by atoms with E-state index in [9.17, 15) is 4.79 Å². The second kappa shape index (κ2) is 5.69. The number of hydrogen-bond acceptors (Lipinski definition) is 4. The third kappa shape index (κ3) is 2.67. The van der Waals surface area contributed by atoms with Crippen LogP contribution in [0.4, 0.5) is 11.5 Å². The molecule has 0 radical (unpaired) electrons. The maximum atomic E-state index is 11.0. The molecule has 1 amide bonds. The lowest BCUT2D eigenvalue weighted by Crippen LogP contribution is -2.05. The molecule has 0 spiro atoms. The third-order valence-corrected chi connectivity index (χ3v) is 3.18. The second-order valence-corrected chi connectivity index (χ2v) is 4.83. The summed E-state index contributed by atoms with van der Waals surface area (Å²) < 4.78 is 1.59. The van der Waals surface area contributed by atoms with Gasteiger partial charge < -0.3 is 11.1 Å². The van der Waals surface area contributed by atoms with Crippen molar-refractivity contribution in [1.29, 1.82) is 0 Å². The molecule has 0 aliphatic rings. The number of nitrogen functional groups attached to an aromatic ring is 1. The number of carbonyl (C=O) groups is 1. The maximum Gasteiger partial charge on any atom is 0.221 e. The first-order chi connectivity index (χ1) is 10.6. The monoisotopic (exact) mass is 293 g/mol. The van der Waals surface area contributed by atoms with Gasteiger partial charge >= 0.3 is 0 Å². The Bertz CT molecular complexity index is 793. The predicted molar refractivity (Wildman–Crippen MR) is 85.5 cm³/mol. The van der Waals surface area contributed by atoms with Gasteiger partial charge in [0.1, 0.15) is 5.69 Å². The van der Waals surface area contributed by atoms with E-state index >= 15 is 0 Å². The summed E-state index contributed by atoms with van der Waals surface area (Å²) in [5.41, 5.74) is 9.19. The molecule has 0 saturated heterocycles. The molecule has 0 bridgehead atoms. The summed E-state index contributed by atoms with van der Waals surface area (Å²) in [6, 6.07) is 16.9. The highest BCUT2D eigenvalue weighted by Crippen LogP contribution is 2.26. The molecule has 0 atom stereocenters. The zero-order chi connectivity index (χ0) is 15.5. The summed E-state index contributed by atoms with van der Waals surface area (Å²) in [5, 5.41) is 11.0. The van der Waals surface area contributed by atoms with Crippen LogP contribution in [-0.4, -0.2) is 20.9 Å². The van der Waals surface area contributed by atoms with Crippen LogP contribution in [0.1, 0.15) is 6.92 Å². The quantitative estimate of drug-likeness (QED) is 0.776. The van der Waals surface area contributed by atoms with Crippen LogP contribution >= 0.6 is 0 Å². The lowest BCUT2D eigenvalue weighted by molar-refractivity contribution is -0.114. The van der Waals surface area contributed by atoms with E-state index in [1.54, 1.807) is 16.8 Å². The highest BCUT2D eigenvalue weighted by Gasteiger charge is 2.12. The van der Waals surface area contributed by atoms with Crippen LogP contribution in [0.15, 0.2) is 54.6 Å². The first-order valence-electron chi connectivity index (χ1n) is 6.80. The summed E-state index contributed by atoms with van der Waals surface area (Å²) in [4.78, 5) is 11.0. The number of amides is 1. The van der Waals surface area contributed by atoms with Crippen LogP contribution in [0.5, 0.6) is 0 Å². The highest BCUT2D eigenvalue weighted by atomic mass is 16.1. The van der Waals surface area contributed by atoms with Crippen molar-refractivity contribution in [3.05, 3.63) is 54.6 Å². The van der Waals surface area contributed by atoms with Gasteiger partial charge in [0, 0.05) is 18.2 Å². The predicted octanol–water partition coefficient (Wildman–Crippen LogP) is 2.47.